The Morgan fingerprint density at radius 2 is 2.33 bits per heavy atom. The summed E-state index contributed by atoms with van der Waals surface area (Å²) in [5.41, 5.74) is 1.27. The zero-order valence-corrected chi connectivity index (χ0v) is 16.4. The van der Waals surface area contributed by atoms with Gasteiger partial charge in [0.05, 0.1) is 12.8 Å². The minimum absolute atomic E-state index is 0.0941. The molecule has 0 aliphatic carbocycles. The van der Waals surface area contributed by atoms with Crippen LogP contribution in [-0.4, -0.2) is 50.1 Å². The number of aliphatic imine (C=N–C) groups is 1. The molecule has 0 fully saturated rings. The second-order valence-electron chi connectivity index (χ2n) is 6.27. The molecule has 0 radical (unpaired) electrons. The molecular formula is C19H26N4O3S. The number of fused-ring (bicyclic) bond motifs is 1. The summed E-state index contributed by atoms with van der Waals surface area (Å²) in [5, 5.41) is 8.39. The monoisotopic (exact) mass is 390 g/mol. The van der Waals surface area contributed by atoms with Gasteiger partial charge in [0.1, 0.15) is 12.4 Å². The Hall–Kier alpha value is -2.32. The van der Waals surface area contributed by atoms with Crippen molar-refractivity contribution in [2.75, 3.05) is 33.3 Å². The first-order chi connectivity index (χ1) is 13.3. The van der Waals surface area contributed by atoms with Crippen LogP contribution in [0, 0.1) is 0 Å². The first kappa shape index (κ1) is 19.4. The van der Waals surface area contributed by atoms with E-state index in [0.717, 1.165) is 25.1 Å². The zero-order chi connectivity index (χ0) is 18.9. The van der Waals surface area contributed by atoms with Crippen molar-refractivity contribution in [3.05, 3.63) is 46.0 Å². The van der Waals surface area contributed by atoms with Gasteiger partial charge in [-0.3, -0.25) is 9.79 Å². The minimum atomic E-state index is 0.0941. The summed E-state index contributed by atoms with van der Waals surface area (Å²) in [6.07, 6.45) is 3.42. The van der Waals surface area contributed by atoms with Crippen molar-refractivity contribution in [3.8, 4) is 0 Å². The second-order valence-corrected chi connectivity index (χ2v) is 7.27. The first-order valence-electron chi connectivity index (χ1n) is 9.14. The van der Waals surface area contributed by atoms with Crippen molar-refractivity contribution in [2.24, 2.45) is 4.99 Å². The molecule has 0 atom stereocenters. The van der Waals surface area contributed by atoms with E-state index in [1.165, 1.54) is 10.4 Å². The molecule has 2 aromatic heterocycles. The molecule has 0 saturated carbocycles. The molecule has 0 bridgehead atoms. The van der Waals surface area contributed by atoms with E-state index >= 15 is 0 Å². The largest absolute Gasteiger partial charge is 0.467 e. The molecular weight excluding hydrogens is 364 g/mol. The Labute approximate surface area is 163 Å². The van der Waals surface area contributed by atoms with Crippen LogP contribution in [0.3, 0.4) is 0 Å². The maximum atomic E-state index is 12.4. The van der Waals surface area contributed by atoms with Crippen LogP contribution in [0.15, 0.2) is 39.3 Å². The van der Waals surface area contributed by atoms with Crippen LogP contribution in [0.2, 0.25) is 0 Å². The number of thiophene rings is 1. The van der Waals surface area contributed by atoms with Gasteiger partial charge in [0, 0.05) is 38.2 Å². The Morgan fingerprint density at radius 3 is 3.15 bits per heavy atom. The Morgan fingerprint density at radius 1 is 1.41 bits per heavy atom. The predicted molar refractivity (Wildman–Crippen MR) is 106 cm³/mol. The maximum Gasteiger partial charge on any atom is 0.242 e. The fourth-order valence-electron chi connectivity index (χ4n) is 2.90. The SMILES string of the molecule is CN=C(NCCCOCc1ccco1)NCC(=O)N1CCc2sccc2C1. The first-order valence-corrected chi connectivity index (χ1v) is 10.0. The van der Waals surface area contributed by atoms with Crippen LogP contribution in [0.25, 0.3) is 0 Å². The second kappa shape index (κ2) is 10.1. The van der Waals surface area contributed by atoms with Gasteiger partial charge in [0.25, 0.3) is 0 Å². The molecule has 3 rings (SSSR count). The molecule has 0 saturated heterocycles. The van der Waals surface area contributed by atoms with E-state index in [9.17, 15) is 4.79 Å². The highest BCUT2D eigenvalue weighted by Gasteiger charge is 2.21. The van der Waals surface area contributed by atoms with E-state index in [-0.39, 0.29) is 12.5 Å². The van der Waals surface area contributed by atoms with Gasteiger partial charge in [0.15, 0.2) is 5.96 Å². The van der Waals surface area contributed by atoms with Gasteiger partial charge in [-0.05, 0) is 42.0 Å². The summed E-state index contributed by atoms with van der Waals surface area (Å²) in [6, 6.07) is 5.85. The van der Waals surface area contributed by atoms with Crippen LogP contribution in [0.1, 0.15) is 22.6 Å². The van der Waals surface area contributed by atoms with Gasteiger partial charge in [-0.1, -0.05) is 0 Å². The molecule has 0 spiro atoms. The van der Waals surface area contributed by atoms with Crippen LogP contribution < -0.4 is 10.6 Å². The molecule has 7 nitrogen and oxygen atoms in total. The van der Waals surface area contributed by atoms with Crippen molar-refractivity contribution in [2.45, 2.75) is 26.0 Å². The van der Waals surface area contributed by atoms with Crippen molar-refractivity contribution in [1.82, 2.24) is 15.5 Å². The lowest BCUT2D eigenvalue weighted by Crippen LogP contribution is -2.46. The zero-order valence-electron chi connectivity index (χ0n) is 15.6. The number of hydrogen-bond acceptors (Lipinski definition) is 5. The van der Waals surface area contributed by atoms with Gasteiger partial charge >= 0.3 is 0 Å². The van der Waals surface area contributed by atoms with E-state index in [1.54, 1.807) is 24.6 Å². The number of nitrogens with one attached hydrogen (secondary N) is 2. The Kier molecular flexibility index (Phi) is 7.29. The minimum Gasteiger partial charge on any atom is -0.467 e. The number of nitrogens with zero attached hydrogens (tertiary/aromatic N) is 2. The van der Waals surface area contributed by atoms with E-state index in [1.807, 2.05) is 17.0 Å². The van der Waals surface area contributed by atoms with Crippen molar-refractivity contribution in [1.29, 1.82) is 0 Å². The third kappa shape index (κ3) is 5.83. The van der Waals surface area contributed by atoms with Gasteiger partial charge in [-0.25, -0.2) is 0 Å². The van der Waals surface area contributed by atoms with Crippen LogP contribution >= 0.6 is 11.3 Å². The van der Waals surface area contributed by atoms with E-state index < -0.39 is 0 Å². The molecule has 1 aliphatic heterocycles. The molecule has 0 unspecified atom stereocenters. The number of furan rings is 1. The molecule has 1 aliphatic rings. The lowest BCUT2D eigenvalue weighted by molar-refractivity contribution is -0.130. The smallest absolute Gasteiger partial charge is 0.242 e. The molecule has 8 heteroatoms. The molecule has 27 heavy (non-hydrogen) atoms. The number of rotatable bonds is 8. The lowest BCUT2D eigenvalue weighted by Gasteiger charge is -2.27. The summed E-state index contributed by atoms with van der Waals surface area (Å²) in [5.74, 6) is 1.55. The number of carbonyl (C=O) groups excluding carboxylic acids is 1. The topological polar surface area (TPSA) is 79.1 Å². The summed E-state index contributed by atoms with van der Waals surface area (Å²) in [4.78, 5) is 19.9. The summed E-state index contributed by atoms with van der Waals surface area (Å²) in [7, 11) is 1.70. The predicted octanol–water partition coefficient (Wildman–Crippen LogP) is 2.00. The van der Waals surface area contributed by atoms with Gasteiger partial charge in [0.2, 0.25) is 5.91 Å². The van der Waals surface area contributed by atoms with Crippen LogP contribution in [0.4, 0.5) is 0 Å². The lowest BCUT2D eigenvalue weighted by atomic mass is 10.1. The normalized spacial score (nSPS) is 14.1. The standard InChI is InChI=1S/C19H26N4O3S/c1-20-19(21-7-3-9-25-14-16-4-2-10-26-16)22-12-18(24)23-8-5-17-15(13-23)6-11-27-17/h2,4,6,10-11H,3,5,7-9,12-14H2,1H3,(H2,20,21,22). The quantitative estimate of drug-likeness (QED) is 0.409. The number of ether oxygens (including phenoxy) is 1. The number of hydrogen-bond donors (Lipinski definition) is 2. The molecule has 1 amide bonds. The van der Waals surface area contributed by atoms with Gasteiger partial charge in [-0.2, -0.15) is 0 Å². The average Bonchev–Trinajstić information content (AvgIpc) is 3.37. The molecule has 146 valence electrons. The molecule has 0 aromatic carbocycles. The van der Waals surface area contributed by atoms with E-state index in [0.29, 0.717) is 32.3 Å². The third-order valence-corrected chi connectivity index (χ3v) is 5.40. The fraction of sp³-hybridized carbons (Fsp3) is 0.474. The third-order valence-electron chi connectivity index (χ3n) is 4.37. The maximum absolute atomic E-state index is 12.4. The highest BCUT2D eigenvalue weighted by Crippen LogP contribution is 2.23. The Bertz CT molecular complexity index is 742. The molecule has 3 heterocycles. The molecule has 2 N–H and O–H groups in total. The Balaban J connectivity index is 1.29. The number of amides is 1. The van der Waals surface area contributed by atoms with Crippen molar-refractivity contribution >= 4 is 23.2 Å². The molecule has 2 aromatic rings. The highest BCUT2D eigenvalue weighted by molar-refractivity contribution is 7.10. The van der Waals surface area contributed by atoms with Crippen molar-refractivity contribution < 1.29 is 13.9 Å². The fourth-order valence-corrected chi connectivity index (χ4v) is 3.79. The van der Waals surface area contributed by atoms with Crippen LogP contribution in [0.5, 0.6) is 0 Å². The summed E-state index contributed by atoms with van der Waals surface area (Å²) in [6.45, 7) is 3.56. The average molecular weight is 391 g/mol. The summed E-state index contributed by atoms with van der Waals surface area (Å²) < 4.78 is 10.7. The van der Waals surface area contributed by atoms with E-state index in [4.69, 9.17) is 9.15 Å². The number of carbonyl (C=O) groups is 1. The van der Waals surface area contributed by atoms with Gasteiger partial charge < -0.3 is 24.7 Å². The van der Waals surface area contributed by atoms with E-state index in [2.05, 4.69) is 27.1 Å². The summed E-state index contributed by atoms with van der Waals surface area (Å²) >= 11 is 1.78. The van der Waals surface area contributed by atoms with Crippen molar-refractivity contribution in [3.63, 3.8) is 0 Å². The number of guanidine groups is 1. The van der Waals surface area contributed by atoms with Crippen LogP contribution in [-0.2, 0) is 29.1 Å². The van der Waals surface area contributed by atoms with Gasteiger partial charge in [-0.15, -0.1) is 11.3 Å². The highest BCUT2D eigenvalue weighted by atomic mass is 32.1.